The van der Waals surface area contributed by atoms with Crippen LogP contribution in [0.25, 0.3) is 0 Å². The Labute approximate surface area is 114 Å². The lowest BCUT2D eigenvalue weighted by Crippen LogP contribution is -2.40. The lowest BCUT2D eigenvalue weighted by Gasteiger charge is -2.19. The van der Waals surface area contributed by atoms with Crippen LogP contribution in [0.3, 0.4) is 0 Å². The highest BCUT2D eigenvalue weighted by Gasteiger charge is 2.37. The summed E-state index contributed by atoms with van der Waals surface area (Å²) in [5.74, 6) is -0.185. The molecule has 18 heavy (non-hydrogen) atoms. The Bertz CT molecular complexity index is 435. The number of imide groups is 1. The van der Waals surface area contributed by atoms with Gasteiger partial charge in [0.2, 0.25) is 5.91 Å². The zero-order chi connectivity index (χ0) is 13.0. The molecule has 0 spiro atoms. The van der Waals surface area contributed by atoms with Crippen molar-refractivity contribution in [3.8, 4) is 0 Å². The summed E-state index contributed by atoms with van der Waals surface area (Å²) in [4.78, 5) is 24.7. The number of ether oxygens (including phenoxy) is 1. The Hall–Kier alpha value is -1.36. The van der Waals surface area contributed by atoms with Crippen molar-refractivity contribution in [3.05, 3.63) is 35.9 Å². The highest BCUT2D eigenvalue weighted by molar-refractivity contribution is 9.09. The van der Waals surface area contributed by atoms with E-state index < -0.39 is 6.09 Å². The third-order valence-electron chi connectivity index (χ3n) is 2.85. The first-order valence-electron chi connectivity index (χ1n) is 5.81. The van der Waals surface area contributed by atoms with Crippen LogP contribution in [0.15, 0.2) is 30.3 Å². The number of carbonyl (C=O) groups excluding carboxylic acids is 2. The summed E-state index contributed by atoms with van der Waals surface area (Å²) in [5.41, 5.74) is 1.09. The second-order valence-corrected chi connectivity index (χ2v) is 4.92. The van der Waals surface area contributed by atoms with Gasteiger partial charge in [-0.15, -0.1) is 0 Å². The van der Waals surface area contributed by atoms with Crippen molar-refractivity contribution in [3.63, 3.8) is 0 Å². The van der Waals surface area contributed by atoms with E-state index in [2.05, 4.69) is 15.9 Å². The van der Waals surface area contributed by atoms with Crippen molar-refractivity contribution in [2.45, 2.75) is 18.9 Å². The van der Waals surface area contributed by atoms with E-state index in [9.17, 15) is 9.59 Å². The van der Waals surface area contributed by atoms with Gasteiger partial charge in [0, 0.05) is 11.8 Å². The Morgan fingerprint density at radius 2 is 2.11 bits per heavy atom. The minimum absolute atomic E-state index is 0.185. The summed E-state index contributed by atoms with van der Waals surface area (Å²) in [6.07, 6.45) is 0.419. The van der Waals surface area contributed by atoms with Gasteiger partial charge >= 0.3 is 6.09 Å². The molecule has 0 bridgehead atoms. The van der Waals surface area contributed by atoms with Crippen molar-refractivity contribution < 1.29 is 14.3 Å². The Morgan fingerprint density at radius 1 is 1.39 bits per heavy atom. The van der Waals surface area contributed by atoms with Gasteiger partial charge in [-0.1, -0.05) is 46.3 Å². The summed E-state index contributed by atoms with van der Waals surface area (Å²) in [5, 5.41) is 0.549. The van der Waals surface area contributed by atoms with Crippen LogP contribution in [0.4, 0.5) is 4.79 Å². The number of nitrogens with zero attached hydrogens (tertiary/aromatic N) is 1. The molecule has 1 aromatic carbocycles. The van der Waals surface area contributed by atoms with Gasteiger partial charge in [-0.3, -0.25) is 4.79 Å². The maximum atomic E-state index is 11.9. The molecule has 2 amide bonds. The molecular formula is C13H14BrNO3. The van der Waals surface area contributed by atoms with E-state index in [0.717, 1.165) is 5.56 Å². The molecule has 1 aliphatic rings. The molecule has 1 atom stereocenters. The van der Waals surface area contributed by atoms with E-state index in [0.29, 0.717) is 18.2 Å². The molecule has 0 radical (unpaired) electrons. The van der Waals surface area contributed by atoms with Crippen LogP contribution < -0.4 is 0 Å². The summed E-state index contributed by atoms with van der Waals surface area (Å²) >= 11 is 3.20. The van der Waals surface area contributed by atoms with Gasteiger partial charge < -0.3 is 4.74 Å². The average molecular weight is 312 g/mol. The fourth-order valence-corrected chi connectivity index (χ4v) is 2.34. The topological polar surface area (TPSA) is 46.6 Å². The van der Waals surface area contributed by atoms with Crippen molar-refractivity contribution in [1.29, 1.82) is 0 Å². The first-order valence-corrected chi connectivity index (χ1v) is 6.93. The molecule has 0 aliphatic carbocycles. The Morgan fingerprint density at radius 3 is 2.78 bits per heavy atom. The lowest BCUT2D eigenvalue weighted by molar-refractivity contribution is -0.128. The van der Waals surface area contributed by atoms with Crippen LogP contribution in [-0.2, 0) is 16.0 Å². The Balaban J connectivity index is 2.07. The molecule has 1 aliphatic heterocycles. The normalized spacial score (nSPS) is 18.8. The van der Waals surface area contributed by atoms with Crippen molar-refractivity contribution in [1.82, 2.24) is 4.90 Å². The molecular weight excluding hydrogens is 298 g/mol. The summed E-state index contributed by atoms with van der Waals surface area (Å²) < 4.78 is 4.97. The number of rotatable bonds is 4. The van der Waals surface area contributed by atoms with Crippen LogP contribution in [0.5, 0.6) is 0 Å². The summed E-state index contributed by atoms with van der Waals surface area (Å²) in [7, 11) is 0. The van der Waals surface area contributed by atoms with Crippen LogP contribution in [0, 0.1) is 0 Å². The highest BCUT2D eigenvalue weighted by Crippen LogP contribution is 2.18. The molecule has 0 N–H and O–H groups in total. The van der Waals surface area contributed by atoms with Crippen LogP contribution >= 0.6 is 15.9 Å². The smallest absolute Gasteiger partial charge is 0.416 e. The number of hydrogen-bond donors (Lipinski definition) is 0. The number of cyclic esters (lactones) is 1. The minimum atomic E-state index is -0.526. The van der Waals surface area contributed by atoms with Crippen molar-refractivity contribution >= 4 is 27.9 Å². The minimum Gasteiger partial charge on any atom is -0.447 e. The third kappa shape index (κ3) is 2.90. The molecule has 1 fully saturated rings. The Kier molecular flexibility index (Phi) is 4.36. The third-order valence-corrected chi connectivity index (χ3v) is 3.25. The SMILES string of the molecule is O=C(CCBr)N1C(=O)OC[C@@H]1Cc1ccccc1. The number of alkyl halides is 1. The second-order valence-electron chi connectivity index (χ2n) is 4.12. The lowest BCUT2D eigenvalue weighted by atomic mass is 10.1. The number of benzene rings is 1. The van der Waals surface area contributed by atoms with Gasteiger partial charge in [0.15, 0.2) is 0 Å². The van der Waals surface area contributed by atoms with Crippen LogP contribution in [0.1, 0.15) is 12.0 Å². The first kappa shape index (κ1) is 13.1. The molecule has 0 saturated carbocycles. The number of halogens is 1. The quantitative estimate of drug-likeness (QED) is 0.802. The summed E-state index contributed by atoms with van der Waals surface area (Å²) in [6.45, 7) is 0.280. The molecule has 0 aromatic heterocycles. The van der Waals surface area contributed by atoms with Gasteiger partial charge in [-0.05, 0) is 12.0 Å². The highest BCUT2D eigenvalue weighted by atomic mass is 79.9. The van der Waals surface area contributed by atoms with E-state index in [4.69, 9.17) is 4.74 Å². The fraction of sp³-hybridized carbons (Fsp3) is 0.385. The average Bonchev–Trinajstić information content (AvgIpc) is 2.72. The maximum Gasteiger partial charge on any atom is 0.416 e. The molecule has 1 heterocycles. The van der Waals surface area contributed by atoms with E-state index >= 15 is 0 Å². The number of hydrogen-bond acceptors (Lipinski definition) is 3. The molecule has 1 saturated heterocycles. The van der Waals surface area contributed by atoms with Gasteiger partial charge in [0.25, 0.3) is 0 Å². The first-order chi connectivity index (χ1) is 8.72. The van der Waals surface area contributed by atoms with Gasteiger partial charge in [-0.2, -0.15) is 0 Å². The fourth-order valence-electron chi connectivity index (χ4n) is 2.00. The predicted octanol–water partition coefficient (Wildman–Crippen LogP) is 2.36. The standard InChI is InChI=1S/C13H14BrNO3/c14-7-6-12(16)15-11(9-18-13(15)17)8-10-4-2-1-3-5-10/h1-5,11H,6-9H2/t11-/m0/s1. The molecule has 5 heteroatoms. The van der Waals surface area contributed by atoms with Gasteiger partial charge in [0.05, 0.1) is 6.04 Å². The number of carbonyl (C=O) groups is 2. The monoisotopic (exact) mass is 311 g/mol. The van der Waals surface area contributed by atoms with E-state index in [-0.39, 0.29) is 18.6 Å². The van der Waals surface area contributed by atoms with Crippen molar-refractivity contribution in [2.75, 3.05) is 11.9 Å². The zero-order valence-corrected chi connectivity index (χ0v) is 11.4. The van der Waals surface area contributed by atoms with Crippen LogP contribution in [0.2, 0.25) is 0 Å². The maximum absolute atomic E-state index is 11.9. The predicted molar refractivity (Wildman–Crippen MR) is 70.5 cm³/mol. The molecule has 2 rings (SSSR count). The molecule has 96 valence electrons. The zero-order valence-electron chi connectivity index (χ0n) is 9.84. The number of amides is 2. The van der Waals surface area contributed by atoms with Crippen molar-refractivity contribution in [2.24, 2.45) is 0 Å². The molecule has 0 unspecified atom stereocenters. The summed E-state index contributed by atoms with van der Waals surface area (Å²) in [6, 6.07) is 9.60. The van der Waals surface area contributed by atoms with Crippen LogP contribution in [-0.4, -0.2) is 34.9 Å². The van der Waals surface area contributed by atoms with Gasteiger partial charge in [0.1, 0.15) is 6.61 Å². The van der Waals surface area contributed by atoms with E-state index in [1.807, 2.05) is 30.3 Å². The van der Waals surface area contributed by atoms with E-state index in [1.54, 1.807) is 0 Å². The van der Waals surface area contributed by atoms with E-state index in [1.165, 1.54) is 4.90 Å². The molecule has 1 aromatic rings. The second kappa shape index (κ2) is 6.00. The van der Waals surface area contributed by atoms with Gasteiger partial charge in [-0.25, -0.2) is 9.69 Å². The largest absolute Gasteiger partial charge is 0.447 e. The molecule has 4 nitrogen and oxygen atoms in total.